The zero-order chi connectivity index (χ0) is 21.1. The molecule has 0 spiro atoms. The number of nitrogens with two attached hydrogens (primary N) is 1. The lowest BCUT2D eigenvalue weighted by atomic mass is 10.2. The number of sulfonamides is 1. The first-order chi connectivity index (χ1) is 13.0. The Morgan fingerprint density at radius 1 is 1.14 bits per heavy atom. The molecule has 1 atom stereocenters. The number of ether oxygens (including phenoxy) is 2. The molecule has 0 heterocycles. The first kappa shape index (κ1) is 21.3. The number of methoxy groups -OCH3 is 1. The number of primary sulfonamides is 1. The third kappa shape index (κ3) is 5.02. The molecule has 0 aliphatic carbocycles. The van der Waals surface area contributed by atoms with Crippen molar-refractivity contribution >= 4 is 27.6 Å². The van der Waals surface area contributed by atoms with Crippen molar-refractivity contribution in [2.75, 3.05) is 12.4 Å². The molecule has 0 aliphatic rings. The molecule has 1 amide bonds. The minimum absolute atomic E-state index is 0.0128. The van der Waals surface area contributed by atoms with Gasteiger partial charge >= 0.3 is 5.97 Å². The van der Waals surface area contributed by atoms with Crippen molar-refractivity contribution in [3.8, 4) is 5.75 Å². The van der Waals surface area contributed by atoms with Crippen molar-refractivity contribution in [3.63, 3.8) is 0 Å². The van der Waals surface area contributed by atoms with Crippen LogP contribution in [0.3, 0.4) is 0 Å². The molecule has 0 saturated heterocycles. The van der Waals surface area contributed by atoms with Gasteiger partial charge in [0, 0.05) is 6.07 Å². The van der Waals surface area contributed by atoms with Gasteiger partial charge in [-0.15, -0.1) is 0 Å². The molecule has 0 aromatic heterocycles. The van der Waals surface area contributed by atoms with E-state index in [4.69, 9.17) is 14.6 Å². The fourth-order valence-electron chi connectivity index (χ4n) is 2.13. The van der Waals surface area contributed by atoms with Crippen LogP contribution in [0.4, 0.5) is 14.5 Å². The van der Waals surface area contributed by atoms with E-state index in [0.717, 1.165) is 30.3 Å². The number of hydrogen-bond donors (Lipinski definition) is 2. The highest BCUT2D eigenvalue weighted by molar-refractivity contribution is 7.89. The summed E-state index contributed by atoms with van der Waals surface area (Å²) in [5.74, 6) is -3.67. The number of carbonyl (C=O) groups excluding carboxylic acids is 2. The number of benzene rings is 2. The van der Waals surface area contributed by atoms with Crippen molar-refractivity contribution in [2.24, 2.45) is 5.14 Å². The van der Waals surface area contributed by atoms with Gasteiger partial charge in [-0.3, -0.25) is 4.79 Å². The van der Waals surface area contributed by atoms with Crippen LogP contribution in [0.5, 0.6) is 5.75 Å². The fraction of sp³-hybridized carbons (Fsp3) is 0.176. The predicted octanol–water partition coefficient (Wildman–Crippen LogP) is 1.80. The highest BCUT2D eigenvalue weighted by Crippen LogP contribution is 2.23. The van der Waals surface area contributed by atoms with E-state index in [1.807, 2.05) is 0 Å². The van der Waals surface area contributed by atoms with Gasteiger partial charge < -0.3 is 14.8 Å². The Kier molecular flexibility index (Phi) is 6.31. The SMILES string of the molecule is COc1ccc(S(N)(=O)=O)cc1C(=O)O[C@@H](C)C(=O)Nc1cc(F)ccc1F. The molecular formula is C17H16F2N2O6S. The molecule has 0 unspecified atom stereocenters. The lowest BCUT2D eigenvalue weighted by Crippen LogP contribution is -2.30. The first-order valence-electron chi connectivity index (χ1n) is 7.70. The summed E-state index contributed by atoms with van der Waals surface area (Å²) in [5, 5.41) is 7.12. The van der Waals surface area contributed by atoms with Gasteiger partial charge in [-0.05, 0) is 37.3 Å². The lowest BCUT2D eigenvalue weighted by molar-refractivity contribution is -0.123. The van der Waals surface area contributed by atoms with E-state index in [0.29, 0.717) is 0 Å². The van der Waals surface area contributed by atoms with Crippen LogP contribution < -0.4 is 15.2 Å². The van der Waals surface area contributed by atoms with Crippen molar-refractivity contribution in [1.29, 1.82) is 0 Å². The van der Waals surface area contributed by atoms with Crippen LogP contribution >= 0.6 is 0 Å². The summed E-state index contributed by atoms with van der Waals surface area (Å²) < 4.78 is 59.6. The first-order valence-corrected chi connectivity index (χ1v) is 9.25. The van der Waals surface area contributed by atoms with Crippen LogP contribution in [0, 0.1) is 11.6 Å². The Balaban J connectivity index is 2.19. The van der Waals surface area contributed by atoms with E-state index in [-0.39, 0.29) is 16.2 Å². The second-order valence-electron chi connectivity index (χ2n) is 5.57. The number of halogens is 2. The molecule has 2 aromatic rings. The summed E-state index contributed by atoms with van der Waals surface area (Å²) in [6.07, 6.45) is -1.42. The molecule has 0 radical (unpaired) electrons. The number of nitrogens with one attached hydrogen (secondary N) is 1. The topological polar surface area (TPSA) is 125 Å². The Labute approximate surface area is 159 Å². The van der Waals surface area contributed by atoms with Gasteiger partial charge in [0.1, 0.15) is 22.9 Å². The van der Waals surface area contributed by atoms with Crippen LogP contribution in [0.25, 0.3) is 0 Å². The quantitative estimate of drug-likeness (QED) is 0.695. The van der Waals surface area contributed by atoms with Gasteiger partial charge in [0.2, 0.25) is 10.0 Å². The highest BCUT2D eigenvalue weighted by atomic mass is 32.2. The summed E-state index contributed by atoms with van der Waals surface area (Å²) in [4.78, 5) is 24.1. The van der Waals surface area contributed by atoms with Crippen molar-refractivity contribution < 1.29 is 36.3 Å². The van der Waals surface area contributed by atoms with E-state index < -0.39 is 45.3 Å². The minimum Gasteiger partial charge on any atom is -0.496 e. The molecule has 0 saturated carbocycles. The van der Waals surface area contributed by atoms with Gasteiger partial charge in [0.05, 0.1) is 17.7 Å². The van der Waals surface area contributed by atoms with Crippen LogP contribution in [0.1, 0.15) is 17.3 Å². The summed E-state index contributed by atoms with van der Waals surface area (Å²) in [7, 11) is -2.86. The Morgan fingerprint density at radius 2 is 1.82 bits per heavy atom. The fourth-order valence-corrected chi connectivity index (χ4v) is 2.67. The van der Waals surface area contributed by atoms with E-state index in [1.165, 1.54) is 20.1 Å². The van der Waals surface area contributed by atoms with E-state index in [2.05, 4.69) is 5.32 Å². The van der Waals surface area contributed by atoms with Gasteiger partial charge in [0.15, 0.2) is 6.10 Å². The molecule has 8 nitrogen and oxygen atoms in total. The Bertz CT molecular complexity index is 1030. The molecule has 0 fully saturated rings. The third-order valence-corrected chi connectivity index (χ3v) is 4.47. The maximum absolute atomic E-state index is 13.6. The molecule has 2 rings (SSSR count). The summed E-state index contributed by atoms with van der Waals surface area (Å²) in [6, 6.07) is 5.73. The molecule has 0 aliphatic heterocycles. The Hall–Kier alpha value is -3.05. The average molecular weight is 414 g/mol. The second kappa shape index (κ2) is 8.31. The van der Waals surface area contributed by atoms with E-state index in [1.54, 1.807) is 0 Å². The predicted molar refractivity (Wildman–Crippen MR) is 94.2 cm³/mol. The Morgan fingerprint density at radius 3 is 2.43 bits per heavy atom. The zero-order valence-electron chi connectivity index (χ0n) is 14.7. The number of carbonyl (C=O) groups is 2. The van der Waals surface area contributed by atoms with Gasteiger partial charge in [-0.1, -0.05) is 0 Å². The zero-order valence-corrected chi connectivity index (χ0v) is 15.5. The number of rotatable bonds is 6. The number of amides is 1. The van der Waals surface area contributed by atoms with Crippen molar-refractivity contribution in [2.45, 2.75) is 17.9 Å². The molecule has 150 valence electrons. The lowest BCUT2D eigenvalue weighted by Gasteiger charge is -2.15. The molecule has 0 bridgehead atoms. The maximum atomic E-state index is 13.6. The van der Waals surface area contributed by atoms with Crippen LogP contribution in [0.2, 0.25) is 0 Å². The molecular weight excluding hydrogens is 398 g/mol. The van der Waals surface area contributed by atoms with E-state index >= 15 is 0 Å². The highest BCUT2D eigenvalue weighted by Gasteiger charge is 2.24. The maximum Gasteiger partial charge on any atom is 0.342 e. The summed E-state index contributed by atoms with van der Waals surface area (Å²) in [6.45, 7) is 1.19. The van der Waals surface area contributed by atoms with E-state index in [9.17, 15) is 26.8 Å². The normalized spacial score (nSPS) is 12.2. The summed E-state index contributed by atoms with van der Waals surface area (Å²) >= 11 is 0. The molecule has 28 heavy (non-hydrogen) atoms. The van der Waals surface area contributed by atoms with Crippen molar-refractivity contribution in [1.82, 2.24) is 0 Å². The van der Waals surface area contributed by atoms with Crippen LogP contribution in [-0.2, 0) is 19.6 Å². The number of hydrogen-bond acceptors (Lipinski definition) is 6. The van der Waals surface area contributed by atoms with Gasteiger partial charge in [-0.25, -0.2) is 27.1 Å². The largest absolute Gasteiger partial charge is 0.496 e. The van der Waals surface area contributed by atoms with Crippen LogP contribution in [0.15, 0.2) is 41.3 Å². The second-order valence-corrected chi connectivity index (χ2v) is 7.13. The van der Waals surface area contributed by atoms with Crippen LogP contribution in [-0.4, -0.2) is 33.5 Å². The average Bonchev–Trinajstić information content (AvgIpc) is 2.63. The smallest absolute Gasteiger partial charge is 0.342 e. The monoisotopic (exact) mass is 414 g/mol. The molecule has 11 heteroatoms. The standard InChI is InChI=1S/C17H16F2N2O6S/c1-9(16(22)21-14-7-10(18)3-5-13(14)19)27-17(23)12-8-11(28(20,24)25)4-6-15(12)26-2/h3-9H,1-2H3,(H,21,22)(H2,20,24,25)/t9-/m0/s1. The van der Waals surface area contributed by atoms with Gasteiger partial charge in [0.25, 0.3) is 5.91 Å². The summed E-state index contributed by atoms with van der Waals surface area (Å²) in [5.41, 5.74) is -0.715. The molecule has 2 aromatic carbocycles. The number of esters is 1. The van der Waals surface area contributed by atoms with Crippen molar-refractivity contribution in [3.05, 3.63) is 53.6 Å². The minimum atomic E-state index is -4.10. The number of anilines is 1. The molecule has 3 N–H and O–H groups in total. The van der Waals surface area contributed by atoms with Gasteiger partial charge in [-0.2, -0.15) is 0 Å². The third-order valence-electron chi connectivity index (χ3n) is 3.56.